The molecule has 0 amide bonds. The number of nitrogens with zero attached hydrogens (tertiary/aromatic N) is 1. The van der Waals surface area contributed by atoms with Crippen LogP contribution in [0.1, 0.15) is 26.2 Å². The Morgan fingerprint density at radius 1 is 1.24 bits per heavy atom. The zero-order chi connectivity index (χ0) is 12.9. The number of likely N-dealkylation sites (N-methyl/N-ethyl adjacent to an activating group) is 1. The van der Waals surface area contributed by atoms with E-state index in [1.54, 1.807) is 6.92 Å². The quantitative estimate of drug-likeness (QED) is 0.429. The van der Waals surface area contributed by atoms with Crippen molar-refractivity contribution in [2.75, 3.05) is 46.6 Å². The lowest BCUT2D eigenvalue weighted by molar-refractivity contribution is -0.148. The largest absolute Gasteiger partial charge is 0.464 e. The van der Waals surface area contributed by atoms with Crippen LogP contribution in [0.2, 0.25) is 0 Å². The third-order valence-electron chi connectivity index (χ3n) is 2.34. The normalized spacial score (nSPS) is 10.8. The van der Waals surface area contributed by atoms with Crippen LogP contribution in [0.15, 0.2) is 0 Å². The van der Waals surface area contributed by atoms with Gasteiger partial charge in [0.2, 0.25) is 0 Å². The van der Waals surface area contributed by atoms with Gasteiger partial charge in [0.1, 0.15) is 6.61 Å². The molecule has 0 fully saturated rings. The highest BCUT2D eigenvalue weighted by atomic mass is 16.6. The zero-order valence-corrected chi connectivity index (χ0v) is 11.0. The van der Waals surface area contributed by atoms with Crippen molar-refractivity contribution < 1.29 is 19.4 Å². The number of ether oxygens (including phenoxy) is 2. The highest BCUT2D eigenvalue weighted by molar-refractivity contribution is 5.70. The van der Waals surface area contributed by atoms with E-state index < -0.39 is 0 Å². The van der Waals surface area contributed by atoms with Crippen LogP contribution in [0.4, 0.5) is 0 Å². The number of hydrogen-bond donors (Lipinski definition) is 1. The number of esters is 1. The molecule has 0 spiro atoms. The average Bonchev–Trinajstić information content (AvgIpc) is 2.31. The number of hydrogen-bond acceptors (Lipinski definition) is 5. The van der Waals surface area contributed by atoms with E-state index in [1.165, 1.54) is 0 Å². The first-order valence-corrected chi connectivity index (χ1v) is 6.23. The first-order valence-electron chi connectivity index (χ1n) is 6.23. The number of unbranched alkanes of at least 4 members (excludes halogenated alkanes) is 2. The summed E-state index contributed by atoms with van der Waals surface area (Å²) < 4.78 is 9.93. The second-order valence-corrected chi connectivity index (χ2v) is 3.95. The molecular formula is C12H25NO4. The van der Waals surface area contributed by atoms with Crippen LogP contribution in [0, 0.1) is 0 Å². The Kier molecular flexibility index (Phi) is 11.4. The van der Waals surface area contributed by atoms with Gasteiger partial charge in [0, 0.05) is 13.2 Å². The second-order valence-electron chi connectivity index (χ2n) is 3.95. The Hall–Kier alpha value is -0.650. The van der Waals surface area contributed by atoms with Crippen molar-refractivity contribution in [1.82, 2.24) is 4.90 Å². The topological polar surface area (TPSA) is 59.0 Å². The first-order chi connectivity index (χ1) is 8.20. The maximum atomic E-state index is 10.9. The molecule has 5 nitrogen and oxygen atoms in total. The number of rotatable bonds is 11. The van der Waals surface area contributed by atoms with Crippen LogP contribution >= 0.6 is 0 Å². The summed E-state index contributed by atoms with van der Waals surface area (Å²) in [5, 5.41) is 8.62. The van der Waals surface area contributed by atoms with Crippen molar-refractivity contribution in [3.8, 4) is 0 Å². The van der Waals surface area contributed by atoms with Crippen molar-refractivity contribution in [1.29, 1.82) is 0 Å². The molecule has 0 aromatic carbocycles. The third kappa shape index (κ3) is 11.6. The molecule has 0 heterocycles. The summed E-state index contributed by atoms with van der Waals surface area (Å²) in [6, 6.07) is 0. The lowest BCUT2D eigenvalue weighted by Crippen LogP contribution is -2.25. The summed E-state index contributed by atoms with van der Waals surface area (Å²) in [4.78, 5) is 13.1. The average molecular weight is 247 g/mol. The van der Waals surface area contributed by atoms with E-state index in [2.05, 4.69) is 4.90 Å². The molecule has 0 rings (SSSR count). The summed E-state index contributed by atoms with van der Waals surface area (Å²) in [7, 11) is 2.02. The molecule has 5 heteroatoms. The Morgan fingerprint density at radius 2 is 2.00 bits per heavy atom. The molecule has 102 valence electrons. The fourth-order valence-corrected chi connectivity index (χ4v) is 1.36. The van der Waals surface area contributed by atoms with Gasteiger partial charge in [-0.25, -0.2) is 4.79 Å². The van der Waals surface area contributed by atoms with E-state index in [0.717, 1.165) is 32.4 Å². The maximum Gasteiger partial charge on any atom is 0.332 e. The van der Waals surface area contributed by atoms with E-state index in [0.29, 0.717) is 13.2 Å². The lowest BCUT2D eigenvalue weighted by atomic mass is 10.2. The molecule has 0 aliphatic carbocycles. The van der Waals surface area contributed by atoms with Gasteiger partial charge in [0.05, 0.1) is 13.2 Å². The zero-order valence-electron chi connectivity index (χ0n) is 11.0. The van der Waals surface area contributed by atoms with Crippen molar-refractivity contribution in [2.45, 2.75) is 26.2 Å². The fraction of sp³-hybridized carbons (Fsp3) is 0.917. The molecule has 0 unspecified atom stereocenters. The Balaban J connectivity index is 3.26. The summed E-state index contributed by atoms with van der Waals surface area (Å²) >= 11 is 0. The van der Waals surface area contributed by atoms with E-state index in [9.17, 15) is 4.79 Å². The van der Waals surface area contributed by atoms with Crippen LogP contribution in [-0.2, 0) is 14.3 Å². The van der Waals surface area contributed by atoms with Crippen LogP contribution in [0.3, 0.4) is 0 Å². The van der Waals surface area contributed by atoms with Gasteiger partial charge in [-0.05, 0) is 39.8 Å². The van der Waals surface area contributed by atoms with E-state index in [4.69, 9.17) is 14.6 Å². The number of carbonyl (C=O) groups is 1. The van der Waals surface area contributed by atoms with Gasteiger partial charge < -0.3 is 19.5 Å². The molecule has 17 heavy (non-hydrogen) atoms. The molecule has 0 saturated heterocycles. The standard InChI is InChI=1S/C12H25NO4/c1-3-17-12(15)11-16-10-8-13(2)7-5-4-6-9-14/h14H,3-11H2,1-2H3. The number of carbonyl (C=O) groups excluding carboxylic acids is 1. The van der Waals surface area contributed by atoms with Gasteiger partial charge in [-0.1, -0.05) is 0 Å². The summed E-state index contributed by atoms with van der Waals surface area (Å²) in [5.74, 6) is -0.307. The van der Waals surface area contributed by atoms with Gasteiger partial charge >= 0.3 is 5.97 Å². The second kappa shape index (κ2) is 11.8. The number of aliphatic hydroxyl groups excluding tert-OH is 1. The van der Waals surface area contributed by atoms with Gasteiger partial charge in [0.25, 0.3) is 0 Å². The van der Waals surface area contributed by atoms with E-state index >= 15 is 0 Å². The minimum absolute atomic E-state index is 0.0339. The first kappa shape index (κ1) is 16.4. The van der Waals surface area contributed by atoms with Crippen molar-refractivity contribution in [3.05, 3.63) is 0 Å². The molecule has 0 aliphatic heterocycles. The highest BCUT2D eigenvalue weighted by Crippen LogP contribution is 1.96. The summed E-state index contributed by atoms with van der Waals surface area (Å²) in [6.45, 7) is 4.81. The third-order valence-corrected chi connectivity index (χ3v) is 2.34. The van der Waals surface area contributed by atoms with Crippen LogP contribution in [0.25, 0.3) is 0 Å². The predicted molar refractivity (Wildman–Crippen MR) is 65.9 cm³/mol. The molecule has 0 atom stereocenters. The maximum absolute atomic E-state index is 10.9. The lowest BCUT2D eigenvalue weighted by Gasteiger charge is -2.16. The molecule has 0 aromatic heterocycles. The molecule has 0 aromatic rings. The summed E-state index contributed by atoms with van der Waals surface area (Å²) in [6.07, 6.45) is 2.99. The molecule has 0 bridgehead atoms. The van der Waals surface area contributed by atoms with Gasteiger partial charge in [0.15, 0.2) is 0 Å². The van der Waals surface area contributed by atoms with Crippen LogP contribution in [0.5, 0.6) is 0 Å². The number of aliphatic hydroxyl groups is 1. The monoisotopic (exact) mass is 247 g/mol. The molecule has 1 N–H and O–H groups in total. The summed E-state index contributed by atoms with van der Waals surface area (Å²) in [5.41, 5.74) is 0. The molecule has 0 saturated carbocycles. The molecule has 0 radical (unpaired) electrons. The van der Waals surface area contributed by atoms with Crippen molar-refractivity contribution >= 4 is 5.97 Å². The minimum Gasteiger partial charge on any atom is -0.464 e. The highest BCUT2D eigenvalue weighted by Gasteiger charge is 2.02. The van der Waals surface area contributed by atoms with Gasteiger partial charge in [-0.2, -0.15) is 0 Å². The fourth-order valence-electron chi connectivity index (χ4n) is 1.36. The van der Waals surface area contributed by atoms with Gasteiger partial charge in [-0.3, -0.25) is 0 Å². The van der Waals surface area contributed by atoms with Crippen LogP contribution in [-0.4, -0.2) is 62.5 Å². The van der Waals surface area contributed by atoms with E-state index in [-0.39, 0.29) is 19.2 Å². The minimum atomic E-state index is -0.307. The Labute approximate surface area is 104 Å². The van der Waals surface area contributed by atoms with Crippen molar-refractivity contribution in [3.63, 3.8) is 0 Å². The molecular weight excluding hydrogens is 222 g/mol. The van der Waals surface area contributed by atoms with E-state index in [1.807, 2.05) is 7.05 Å². The smallest absolute Gasteiger partial charge is 0.332 e. The van der Waals surface area contributed by atoms with Gasteiger partial charge in [-0.15, -0.1) is 0 Å². The Bertz CT molecular complexity index is 187. The van der Waals surface area contributed by atoms with Crippen LogP contribution < -0.4 is 0 Å². The molecule has 0 aliphatic rings. The van der Waals surface area contributed by atoms with Crippen molar-refractivity contribution in [2.24, 2.45) is 0 Å². The Morgan fingerprint density at radius 3 is 2.65 bits per heavy atom. The predicted octanol–water partition coefficient (Wildman–Crippen LogP) is 0.660. The SMILES string of the molecule is CCOC(=O)COCCN(C)CCCCCO.